The van der Waals surface area contributed by atoms with Gasteiger partial charge in [0.2, 0.25) is 5.91 Å². The molecule has 0 N–H and O–H groups in total. The summed E-state index contributed by atoms with van der Waals surface area (Å²) in [5.74, 6) is -0.624. The molecule has 0 fully saturated rings. The van der Waals surface area contributed by atoms with E-state index in [1.165, 1.54) is 6.07 Å². The number of carbonyl (C=O) groups excluding carboxylic acids is 1. The average molecular weight is 381 g/mol. The monoisotopic (exact) mass is 381 g/mol. The summed E-state index contributed by atoms with van der Waals surface area (Å²) in [4.78, 5) is 19.5. The fourth-order valence-corrected chi connectivity index (χ4v) is 3.70. The standard InChI is InChI=1S/C23H28FN3O/c1-4-11-26(12-5-2)23(28)15-19(18-8-6-7-9-20(18)24)21-16-25-22-14-17(3)10-13-27(21)22/h6-10,13-14,16,19H,4-5,11-12,15H2,1-3H3. The molecule has 2 aromatic heterocycles. The average Bonchev–Trinajstić information content (AvgIpc) is 3.09. The molecule has 28 heavy (non-hydrogen) atoms. The summed E-state index contributed by atoms with van der Waals surface area (Å²) in [7, 11) is 0. The van der Waals surface area contributed by atoms with Gasteiger partial charge in [0.15, 0.2) is 0 Å². The normalized spacial score (nSPS) is 12.3. The van der Waals surface area contributed by atoms with Gasteiger partial charge in [-0.3, -0.25) is 4.79 Å². The van der Waals surface area contributed by atoms with Crippen LogP contribution >= 0.6 is 0 Å². The molecule has 0 saturated carbocycles. The third-order valence-corrected chi connectivity index (χ3v) is 5.05. The van der Waals surface area contributed by atoms with Crippen molar-refractivity contribution in [2.75, 3.05) is 13.1 Å². The lowest BCUT2D eigenvalue weighted by Gasteiger charge is -2.25. The Kier molecular flexibility index (Phi) is 6.45. The molecule has 1 atom stereocenters. The molecular weight excluding hydrogens is 353 g/mol. The number of amides is 1. The number of aromatic nitrogens is 2. The third kappa shape index (κ3) is 4.24. The van der Waals surface area contributed by atoms with Gasteiger partial charge in [0.25, 0.3) is 0 Å². The zero-order chi connectivity index (χ0) is 20.1. The van der Waals surface area contributed by atoms with E-state index in [4.69, 9.17) is 0 Å². The molecule has 0 radical (unpaired) electrons. The van der Waals surface area contributed by atoms with Gasteiger partial charge < -0.3 is 9.30 Å². The van der Waals surface area contributed by atoms with Crippen LogP contribution in [0.1, 0.15) is 55.8 Å². The van der Waals surface area contributed by atoms with Crippen LogP contribution in [0.3, 0.4) is 0 Å². The molecule has 5 heteroatoms. The van der Waals surface area contributed by atoms with Gasteiger partial charge in [-0.05, 0) is 49.1 Å². The second-order valence-electron chi connectivity index (χ2n) is 7.27. The van der Waals surface area contributed by atoms with Crippen LogP contribution in [-0.2, 0) is 4.79 Å². The summed E-state index contributed by atoms with van der Waals surface area (Å²) >= 11 is 0. The lowest BCUT2D eigenvalue weighted by molar-refractivity contribution is -0.131. The van der Waals surface area contributed by atoms with Crippen molar-refractivity contribution in [1.82, 2.24) is 14.3 Å². The maximum absolute atomic E-state index is 14.7. The molecule has 0 saturated heterocycles. The number of nitrogens with zero attached hydrogens (tertiary/aromatic N) is 3. The molecule has 3 rings (SSSR count). The highest BCUT2D eigenvalue weighted by atomic mass is 19.1. The number of carbonyl (C=O) groups is 1. The largest absolute Gasteiger partial charge is 0.343 e. The smallest absolute Gasteiger partial charge is 0.223 e. The highest BCUT2D eigenvalue weighted by molar-refractivity contribution is 5.77. The number of pyridine rings is 1. The molecule has 0 aliphatic carbocycles. The molecule has 2 heterocycles. The minimum Gasteiger partial charge on any atom is -0.343 e. The van der Waals surface area contributed by atoms with E-state index < -0.39 is 0 Å². The van der Waals surface area contributed by atoms with Crippen molar-refractivity contribution in [1.29, 1.82) is 0 Å². The molecule has 0 aliphatic heterocycles. The number of hydrogen-bond acceptors (Lipinski definition) is 2. The summed E-state index contributed by atoms with van der Waals surface area (Å²) in [6.07, 6.45) is 5.75. The molecule has 0 spiro atoms. The first-order chi connectivity index (χ1) is 13.5. The topological polar surface area (TPSA) is 37.6 Å². The van der Waals surface area contributed by atoms with Gasteiger partial charge in [-0.25, -0.2) is 9.37 Å². The second-order valence-corrected chi connectivity index (χ2v) is 7.27. The van der Waals surface area contributed by atoms with Gasteiger partial charge in [-0.1, -0.05) is 32.0 Å². The lowest BCUT2D eigenvalue weighted by Crippen LogP contribution is -2.33. The number of rotatable bonds is 8. The van der Waals surface area contributed by atoms with E-state index in [-0.39, 0.29) is 24.1 Å². The Hall–Kier alpha value is -2.69. The minimum absolute atomic E-state index is 0.0546. The number of imidazole rings is 1. The van der Waals surface area contributed by atoms with Crippen LogP contribution in [0.15, 0.2) is 48.8 Å². The van der Waals surface area contributed by atoms with E-state index in [9.17, 15) is 9.18 Å². The zero-order valence-electron chi connectivity index (χ0n) is 16.9. The zero-order valence-corrected chi connectivity index (χ0v) is 16.9. The van der Waals surface area contributed by atoms with Crippen molar-refractivity contribution < 1.29 is 9.18 Å². The number of benzene rings is 1. The van der Waals surface area contributed by atoms with Gasteiger partial charge in [-0.15, -0.1) is 0 Å². The summed E-state index contributed by atoms with van der Waals surface area (Å²) in [6.45, 7) is 7.60. The molecule has 0 bridgehead atoms. The summed E-state index contributed by atoms with van der Waals surface area (Å²) in [5.41, 5.74) is 3.29. The predicted molar refractivity (Wildman–Crippen MR) is 110 cm³/mol. The Bertz CT molecular complexity index is 944. The van der Waals surface area contributed by atoms with Crippen LogP contribution in [0.2, 0.25) is 0 Å². The van der Waals surface area contributed by atoms with E-state index in [1.54, 1.807) is 18.3 Å². The van der Waals surface area contributed by atoms with Crippen molar-refractivity contribution in [2.45, 2.75) is 46.0 Å². The Balaban J connectivity index is 2.03. The van der Waals surface area contributed by atoms with E-state index >= 15 is 0 Å². The van der Waals surface area contributed by atoms with E-state index in [0.717, 1.165) is 42.8 Å². The number of hydrogen-bond donors (Lipinski definition) is 0. The fourth-order valence-electron chi connectivity index (χ4n) is 3.70. The summed E-state index contributed by atoms with van der Waals surface area (Å²) < 4.78 is 16.6. The molecule has 148 valence electrons. The first-order valence-electron chi connectivity index (χ1n) is 10.0. The minimum atomic E-state index is -0.386. The van der Waals surface area contributed by atoms with Gasteiger partial charge >= 0.3 is 0 Å². The van der Waals surface area contributed by atoms with Crippen LogP contribution in [0.25, 0.3) is 5.65 Å². The molecule has 1 unspecified atom stereocenters. The predicted octanol–water partition coefficient (Wildman–Crippen LogP) is 4.95. The summed E-state index contributed by atoms with van der Waals surface area (Å²) in [5, 5.41) is 0. The number of halogens is 1. The maximum atomic E-state index is 14.7. The van der Waals surface area contributed by atoms with Gasteiger partial charge in [0.05, 0.1) is 5.69 Å². The van der Waals surface area contributed by atoms with Gasteiger partial charge in [0, 0.05) is 37.8 Å². The van der Waals surface area contributed by atoms with Gasteiger partial charge in [0.1, 0.15) is 11.5 Å². The van der Waals surface area contributed by atoms with E-state index in [2.05, 4.69) is 18.8 Å². The van der Waals surface area contributed by atoms with Crippen molar-refractivity contribution in [3.8, 4) is 0 Å². The van der Waals surface area contributed by atoms with Crippen molar-refractivity contribution in [3.05, 3.63) is 71.4 Å². The van der Waals surface area contributed by atoms with E-state index in [0.29, 0.717) is 5.56 Å². The van der Waals surface area contributed by atoms with Gasteiger partial charge in [-0.2, -0.15) is 0 Å². The first kappa shape index (κ1) is 20.1. The SMILES string of the molecule is CCCN(CCC)C(=O)CC(c1ccccc1F)c1cnc2cc(C)ccn12. The number of fused-ring (bicyclic) bond motifs is 1. The summed E-state index contributed by atoms with van der Waals surface area (Å²) in [6, 6.07) is 10.7. The van der Waals surface area contributed by atoms with Crippen molar-refractivity contribution in [3.63, 3.8) is 0 Å². The third-order valence-electron chi connectivity index (χ3n) is 5.05. The Labute approximate surface area is 166 Å². The lowest BCUT2D eigenvalue weighted by atomic mass is 9.91. The Morgan fingerprint density at radius 1 is 1.18 bits per heavy atom. The molecule has 4 nitrogen and oxygen atoms in total. The number of aryl methyl sites for hydroxylation is 1. The molecule has 1 aromatic carbocycles. The van der Waals surface area contributed by atoms with E-state index in [1.807, 2.05) is 40.6 Å². The highest BCUT2D eigenvalue weighted by Gasteiger charge is 2.26. The quantitative estimate of drug-likeness (QED) is 0.553. The van der Waals surface area contributed by atoms with Crippen LogP contribution in [-0.4, -0.2) is 33.3 Å². The second kappa shape index (κ2) is 9.00. The molecule has 1 amide bonds. The van der Waals surface area contributed by atoms with Crippen molar-refractivity contribution >= 4 is 11.6 Å². The van der Waals surface area contributed by atoms with Crippen molar-refractivity contribution in [2.24, 2.45) is 0 Å². The Morgan fingerprint density at radius 2 is 1.89 bits per heavy atom. The first-order valence-corrected chi connectivity index (χ1v) is 10.0. The molecule has 0 aliphatic rings. The fraction of sp³-hybridized carbons (Fsp3) is 0.391. The van der Waals surface area contributed by atoms with Crippen LogP contribution in [0.4, 0.5) is 4.39 Å². The van der Waals surface area contributed by atoms with Crippen LogP contribution in [0, 0.1) is 12.7 Å². The highest BCUT2D eigenvalue weighted by Crippen LogP contribution is 2.31. The molecule has 3 aromatic rings. The van der Waals surface area contributed by atoms with Crippen LogP contribution in [0.5, 0.6) is 0 Å². The maximum Gasteiger partial charge on any atom is 0.223 e. The molecular formula is C23H28FN3O. The van der Waals surface area contributed by atoms with Crippen LogP contribution < -0.4 is 0 Å². The Morgan fingerprint density at radius 3 is 2.57 bits per heavy atom.